The molecule has 1 saturated heterocycles. The molecule has 0 radical (unpaired) electrons. The van der Waals surface area contributed by atoms with E-state index in [9.17, 15) is 4.79 Å². The lowest BCUT2D eigenvalue weighted by molar-refractivity contribution is 0.252. The summed E-state index contributed by atoms with van der Waals surface area (Å²) in [6.07, 6.45) is 10.7. The average molecular weight is 472 g/mol. The van der Waals surface area contributed by atoms with Gasteiger partial charge in [0.25, 0.3) is 0 Å². The quantitative estimate of drug-likeness (QED) is 0.387. The van der Waals surface area contributed by atoms with Crippen molar-refractivity contribution < 1.29 is 9.18 Å². The lowest BCUT2D eigenvalue weighted by Crippen LogP contribution is -2.48. The zero-order chi connectivity index (χ0) is 23.8. The van der Waals surface area contributed by atoms with Crippen molar-refractivity contribution in [3.8, 4) is 11.3 Å². The Kier molecular flexibility index (Phi) is 5.61. The Hall–Kier alpha value is -3.85. The number of anilines is 2. The number of pyridine rings is 1. The van der Waals surface area contributed by atoms with Gasteiger partial charge in [-0.05, 0) is 74.5 Å². The molecule has 2 aliphatic rings. The highest BCUT2D eigenvalue weighted by Crippen LogP contribution is 2.45. The highest BCUT2D eigenvalue weighted by atomic mass is 19.1. The van der Waals surface area contributed by atoms with E-state index in [0.29, 0.717) is 22.9 Å². The van der Waals surface area contributed by atoms with Gasteiger partial charge in [-0.15, -0.1) is 0 Å². The van der Waals surface area contributed by atoms with Crippen molar-refractivity contribution in [3.63, 3.8) is 0 Å². The molecule has 2 amide bonds. The number of aromatic nitrogens is 4. The summed E-state index contributed by atoms with van der Waals surface area (Å²) < 4.78 is 15.3. The Morgan fingerprint density at radius 1 is 1.11 bits per heavy atom. The third-order valence-corrected chi connectivity index (χ3v) is 6.82. The number of H-pyrrole nitrogens is 1. The minimum Gasteiger partial charge on any atom is -0.346 e. The van der Waals surface area contributed by atoms with E-state index in [2.05, 4.69) is 30.6 Å². The summed E-state index contributed by atoms with van der Waals surface area (Å²) in [6.45, 7) is 1.65. The van der Waals surface area contributed by atoms with Crippen molar-refractivity contribution in [2.24, 2.45) is 0 Å². The zero-order valence-electron chi connectivity index (χ0n) is 19.2. The van der Waals surface area contributed by atoms with Crippen LogP contribution in [0.3, 0.4) is 0 Å². The molecule has 0 bridgehead atoms. The monoisotopic (exact) mass is 471 g/mol. The molecule has 9 heteroatoms. The molecule has 4 heterocycles. The molecule has 0 unspecified atom stereocenters. The van der Waals surface area contributed by atoms with Crippen LogP contribution in [0.2, 0.25) is 0 Å². The molecule has 8 nitrogen and oxygen atoms in total. The van der Waals surface area contributed by atoms with Gasteiger partial charge in [-0.2, -0.15) is 0 Å². The molecule has 6 rings (SSSR count). The van der Waals surface area contributed by atoms with Crippen LogP contribution in [0.4, 0.5) is 20.6 Å². The van der Waals surface area contributed by atoms with Gasteiger partial charge >= 0.3 is 6.03 Å². The standard InChI is InChI=1S/C26H26FN7O/c27-21-12-17(24-23-20(16-3-4-16)14-30-25(23)32-15-31-24)5-6-22(21)33-26(35)34(18-7-10-28-11-8-18)19-2-1-9-29-13-19/h1-2,5-6,9,12-16,18,28H,3-4,7-8,10-11H2,(H,33,35)(H,30,31,32). The van der Waals surface area contributed by atoms with E-state index < -0.39 is 5.82 Å². The number of hydrogen-bond acceptors (Lipinski definition) is 5. The van der Waals surface area contributed by atoms with Crippen LogP contribution < -0.4 is 15.5 Å². The zero-order valence-corrected chi connectivity index (χ0v) is 19.2. The van der Waals surface area contributed by atoms with Crippen LogP contribution in [0, 0.1) is 5.82 Å². The third-order valence-electron chi connectivity index (χ3n) is 6.82. The lowest BCUT2D eigenvalue weighted by atomic mass is 10.0. The number of fused-ring (bicyclic) bond motifs is 1. The molecular formula is C26H26FN7O. The lowest BCUT2D eigenvalue weighted by Gasteiger charge is -2.34. The highest BCUT2D eigenvalue weighted by Gasteiger charge is 2.29. The summed E-state index contributed by atoms with van der Waals surface area (Å²) >= 11 is 0. The minimum absolute atomic E-state index is 0.00604. The maximum absolute atomic E-state index is 15.3. The first-order valence-corrected chi connectivity index (χ1v) is 12.0. The maximum atomic E-state index is 15.3. The topological polar surface area (TPSA) is 98.8 Å². The second kappa shape index (κ2) is 9.07. The first-order valence-electron chi connectivity index (χ1n) is 12.0. The summed E-state index contributed by atoms with van der Waals surface area (Å²) in [4.78, 5) is 31.2. The first-order chi connectivity index (χ1) is 17.2. The van der Waals surface area contributed by atoms with Gasteiger partial charge in [0, 0.05) is 29.4 Å². The molecule has 1 aromatic carbocycles. The Labute approximate surface area is 202 Å². The number of carbonyl (C=O) groups excluding carboxylic acids is 1. The first kappa shape index (κ1) is 21.7. The Morgan fingerprint density at radius 3 is 2.71 bits per heavy atom. The van der Waals surface area contributed by atoms with Gasteiger partial charge < -0.3 is 15.6 Å². The van der Waals surface area contributed by atoms with Gasteiger partial charge in [-0.3, -0.25) is 9.88 Å². The van der Waals surface area contributed by atoms with Crippen LogP contribution in [0.15, 0.2) is 55.2 Å². The number of hydrogen-bond donors (Lipinski definition) is 3. The van der Waals surface area contributed by atoms with Crippen LogP contribution in [-0.2, 0) is 0 Å². The number of carbonyl (C=O) groups is 1. The average Bonchev–Trinajstić information content (AvgIpc) is 3.64. The van der Waals surface area contributed by atoms with E-state index in [4.69, 9.17) is 0 Å². The number of rotatable bonds is 5. The normalized spacial score (nSPS) is 16.4. The van der Waals surface area contributed by atoms with Crippen molar-refractivity contribution in [1.29, 1.82) is 0 Å². The third kappa shape index (κ3) is 4.23. The fraction of sp³-hybridized carbons (Fsp3) is 0.308. The Balaban J connectivity index is 1.29. The van der Waals surface area contributed by atoms with Gasteiger partial charge in [-0.1, -0.05) is 6.07 Å². The number of benzene rings is 1. The van der Waals surface area contributed by atoms with E-state index in [1.807, 2.05) is 12.3 Å². The molecule has 3 aromatic heterocycles. The van der Waals surface area contributed by atoms with E-state index in [0.717, 1.165) is 49.8 Å². The fourth-order valence-corrected chi connectivity index (χ4v) is 4.92. The molecule has 0 spiro atoms. The fourth-order valence-electron chi connectivity index (χ4n) is 4.92. The van der Waals surface area contributed by atoms with Crippen molar-refractivity contribution in [2.45, 2.75) is 37.6 Å². The molecule has 1 saturated carbocycles. The van der Waals surface area contributed by atoms with Gasteiger partial charge in [-0.25, -0.2) is 19.2 Å². The summed E-state index contributed by atoms with van der Waals surface area (Å²) in [7, 11) is 0. The number of nitrogens with zero attached hydrogens (tertiary/aromatic N) is 4. The van der Waals surface area contributed by atoms with Crippen molar-refractivity contribution in [2.75, 3.05) is 23.3 Å². The predicted octanol–water partition coefficient (Wildman–Crippen LogP) is 4.83. The predicted molar refractivity (Wildman–Crippen MR) is 133 cm³/mol. The van der Waals surface area contributed by atoms with E-state index in [-0.39, 0.29) is 17.8 Å². The molecule has 0 atom stereocenters. The molecule has 4 aromatic rings. The van der Waals surface area contributed by atoms with E-state index in [1.54, 1.807) is 35.5 Å². The number of piperidine rings is 1. The molecule has 35 heavy (non-hydrogen) atoms. The Bertz CT molecular complexity index is 1360. The van der Waals surface area contributed by atoms with Crippen LogP contribution in [-0.4, -0.2) is 45.1 Å². The molecule has 3 N–H and O–H groups in total. The highest BCUT2D eigenvalue weighted by molar-refractivity contribution is 6.02. The number of halogens is 1. The van der Waals surface area contributed by atoms with Crippen LogP contribution in [0.25, 0.3) is 22.3 Å². The molecule has 1 aliphatic heterocycles. The number of amides is 2. The van der Waals surface area contributed by atoms with Crippen molar-refractivity contribution in [1.82, 2.24) is 25.3 Å². The minimum atomic E-state index is -0.512. The van der Waals surface area contributed by atoms with E-state index >= 15 is 4.39 Å². The number of aromatic amines is 1. The number of urea groups is 1. The smallest absolute Gasteiger partial charge is 0.326 e. The second-order valence-corrected chi connectivity index (χ2v) is 9.15. The van der Waals surface area contributed by atoms with Gasteiger partial charge in [0.2, 0.25) is 0 Å². The second-order valence-electron chi connectivity index (χ2n) is 9.15. The van der Waals surface area contributed by atoms with Gasteiger partial charge in [0.1, 0.15) is 17.8 Å². The SMILES string of the molecule is O=C(Nc1ccc(-c2ncnc3[nH]cc(C4CC4)c23)cc1F)N(c1cccnc1)C1CCNCC1. The van der Waals surface area contributed by atoms with Crippen molar-refractivity contribution in [3.05, 3.63) is 66.6 Å². The van der Waals surface area contributed by atoms with Crippen molar-refractivity contribution >= 4 is 28.4 Å². The van der Waals surface area contributed by atoms with Crippen LogP contribution in [0.1, 0.15) is 37.2 Å². The maximum Gasteiger partial charge on any atom is 0.326 e. The van der Waals surface area contributed by atoms with Crippen LogP contribution >= 0.6 is 0 Å². The molecular weight excluding hydrogens is 445 g/mol. The summed E-state index contributed by atoms with van der Waals surface area (Å²) in [5.74, 6) is -0.00655. The van der Waals surface area contributed by atoms with Gasteiger partial charge in [0.15, 0.2) is 0 Å². The largest absolute Gasteiger partial charge is 0.346 e. The summed E-state index contributed by atoms with van der Waals surface area (Å²) in [5, 5.41) is 7.05. The Morgan fingerprint density at radius 2 is 1.97 bits per heavy atom. The number of nitrogens with one attached hydrogen (secondary N) is 3. The molecule has 1 aliphatic carbocycles. The summed E-state index contributed by atoms with van der Waals surface area (Å²) in [6, 6.07) is 8.11. The van der Waals surface area contributed by atoms with E-state index in [1.165, 1.54) is 18.0 Å². The molecule has 2 fully saturated rings. The van der Waals surface area contributed by atoms with Crippen LogP contribution in [0.5, 0.6) is 0 Å². The summed E-state index contributed by atoms with van der Waals surface area (Å²) in [5.41, 5.74) is 4.10. The van der Waals surface area contributed by atoms with Gasteiger partial charge in [0.05, 0.1) is 23.3 Å². The molecule has 178 valence electrons.